The largest absolute Gasteiger partial charge is 0.507 e. The molecule has 4 aromatic rings. The van der Waals surface area contributed by atoms with Crippen LogP contribution in [0, 0.1) is 13.8 Å². The van der Waals surface area contributed by atoms with Crippen LogP contribution in [0.2, 0.25) is 0 Å². The summed E-state index contributed by atoms with van der Waals surface area (Å²) >= 11 is 0. The van der Waals surface area contributed by atoms with Gasteiger partial charge in [-0.05, 0) is 47.6 Å². The molecule has 50 heavy (non-hydrogen) atoms. The van der Waals surface area contributed by atoms with Gasteiger partial charge in [0, 0.05) is 69.7 Å². The maximum absolute atomic E-state index is 12.2. The minimum absolute atomic E-state index is 0.00605. The SMILES string of the molecule is COC(=O)CCN=Cc1c(O)c(O)c(C(C)C)c2cc(C)c(-c3c(C)cc4c(C(C)C)c(O)c(O)c(C=NCCC(=O)OC)c4c3O)c(O)c12. The van der Waals surface area contributed by atoms with Crippen molar-refractivity contribution in [2.75, 3.05) is 27.3 Å². The molecule has 0 unspecified atom stereocenters. The summed E-state index contributed by atoms with van der Waals surface area (Å²) in [6, 6.07) is 3.49. The first-order valence-electron chi connectivity index (χ1n) is 16.2. The Morgan fingerprint density at radius 3 is 1.26 bits per heavy atom. The van der Waals surface area contributed by atoms with E-state index >= 15 is 0 Å². The number of phenolic OH excluding ortho intramolecular Hbond substituents is 6. The van der Waals surface area contributed by atoms with Crippen LogP contribution in [0.3, 0.4) is 0 Å². The lowest BCUT2D eigenvalue weighted by Crippen LogP contribution is -2.03. The number of esters is 2. The van der Waals surface area contributed by atoms with E-state index in [9.17, 15) is 40.2 Å². The second kappa shape index (κ2) is 14.9. The molecule has 0 fully saturated rings. The molecule has 0 amide bonds. The molecule has 4 rings (SSSR count). The summed E-state index contributed by atoms with van der Waals surface area (Å²) in [6.45, 7) is 10.8. The number of carbonyl (C=O) groups is 2. The van der Waals surface area contributed by atoms with Crippen LogP contribution >= 0.6 is 0 Å². The van der Waals surface area contributed by atoms with Gasteiger partial charge in [0.25, 0.3) is 0 Å². The van der Waals surface area contributed by atoms with E-state index in [4.69, 9.17) is 0 Å². The van der Waals surface area contributed by atoms with Gasteiger partial charge in [0.05, 0.1) is 27.1 Å². The van der Waals surface area contributed by atoms with E-state index in [2.05, 4.69) is 19.5 Å². The van der Waals surface area contributed by atoms with Gasteiger partial charge in [-0.25, -0.2) is 0 Å². The predicted molar refractivity (Wildman–Crippen MR) is 193 cm³/mol. The second-order valence-corrected chi connectivity index (χ2v) is 12.8. The van der Waals surface area contributed by atoms with Gasteiger partial charge in [0.2, 0.25) is 0 Å². The van der Waals surface area contributed by atoms with Crippen molar-refractivity contribution in [1.29, 1.82) is 0 Å². The van der Waals surface area contributed by atoms with E-state index in [-0.39, 0.29) is 93.8 Å². The number of benzene rings is 4. The van der Waals surface area contributed by atoms with Crippen LogP contribution in [-0.2, 0) is 19.1 Å². The maximum atomic E-state index is 12.2. The van der Waals surface area contributed by atoms with E-state index in [1.54, 1.807) is 26.0 Å². The van der Waals surface area contributed by atoms with E-state index < -0.39 is 23.4 Å². The van der Waals surface area contributed by atoms with Gasteiger partial charge in [0.1, 0.15) is 11.5 Å². The number of aliphatic imine (C=N–C) groups is 2. The van der Waals surface area contributed by atoms with E-state index in [0.717, 1.165) is 0 Å². The van der Waals surface area contributed by atoms with Crippen LogP contribution in [0.5, 0.6) is 34.5 Å². The number of rotatable bonds is 11. The number of carbonyl (C=O) groups excluding carboxylic acids is 2. The Bertz CT molecular complexity index is 1910. The third kappa shape index (κ3) is 6.70. The van der Waals surface area contributed by atoms with Gasteiger partial charge in [-0.2, -0.15) is 0 Å². The Morgan fingerprint density at radius 2 is 0.960 bits per heavy atom. The Kier molecular flexibility index (Phi) is 11.1. The molecule has 0 bridgehead atoms. The zero-order chi connectivity index (χ0) is 37.2. The summed E-state index contributed by atoms with van der Waals surface area (Å²) in [5, 5.41) is 70.2. The number of hydrogen-bond donors (Lipinski definition) is 6. The van der Waals surface area contributed by atoms with Crippen LogP contribution in [0.15, 0.2) is 22.1 Å². The summed E-state index contributed by atoms with van der Waals surface area (Å²) in [5.41, 5.74) is 2.26. The van der Waals surface area contributed by atoms with Crippen LogP contribution < -0.4 is 0 Å². The Hall–Kier alpha value is -5.52. The molecule has 0 radical (unpaired) electrons. The molecule has 4 aromatic carbocycles. The predicted octanol–water partition coefficient (Wildman–Crippen LogP) is 6.72. The molecule has 0 aromatic heterocycles. The third-order valence-corrected chi connectivity index (χ3v) is 8.78. The number of fused-ring (bicyclic) bond motifs is 2. The van der Waals surface area contributed by atoms with Crippen LogP contribution in [0.25, 0.3) is 32.7 Å². The molecule has 0 aliphatic rings. The lowest BCUT2D eigenvalue weighted by molar-refractivity contribution is -0.141. The zero-order valence-electron chi connectivity index (χ0n) is 29.5. The van der Waals surface area contributed by atoms with Crippen molar-refractivity contribution in [3.8, 4) is 45.6 Å². The minimum Gasteiger partial charge on any atom is -0.507 e. The summed E-state index contributed by atoms with van der Waals surface area (Å²) in [7, 11) is 2.52. The van der Waals surface area contributed by atoms with Crippen molar-refractivity contribution >= 4 is 45.9 Å². The molecule has 0 spiro atoms. The molecule has 6 N–H and O–H groups in total. The van der Waals surface area contributed by atoms with Gasteiger partial charge in [0.15, 0.2) is 23.0 Å². The van der Waals surface area contributed by atoms with Crippen molar-refractivity contribution in [1.82, 2.24) is 0 Å². The molecule has 12 nitrogen and oxygen atoms in total. The van der Waals surface area contributed by atoms with Crippen molar-refractivity contribution in [2.24, 2.45) is 9.98 Å². The first kappa shape index (κ1) is 37.3. The zero-order valence-corrected chi connectivity index (χ0v) is 29.5. The fourth-order valence-electron chi connectivity index (χ4n) is 6.45. The molecule has 0 saturated heterocycles. The fraction of sp³-hybridized carbons (Fsp3) is 0.368. The van der Waals surface area contributed by atoms with Gasteiger partial charge >= 0.3 is 11.9 Å². The normalized spacial score (nSPS) is 12.0. The highest BCUT2D eigenvalue weighted by Gasteiger charge is 2.29. The van der Waals surface area contributed by atoms with Crippen LogP contribution in [0.1, 0.15) is 85.8 Å². The summed E-state index contributed by atoms with van der Waals surface area (Å²) in [5.74, 6) is -3.91. The Balaban J connectivity index is 2.13. The summed E-state index contributed by atoms with van der Waals surface area (Å²) in [4.78, 5) is 31.8. The number of phenols is 6. The van der Waals surface area contributed by atoms with Crippen molar-refractivity contribution < 1.29 is 49.7 Å². The van der Waals surface area contributed by atoms with E-state index in [1.807, 2.05) is 27.7 Å². The lowest BCUT2D eigenvalue weighted by atomic mass is 9.83. The third-order valence-electron chi connectivity index (χ3n) is 8.78. The molecule has 266 valence electrons. The Labute approximate surface area is 290 Å². The van der Waals surface area contributed by atoms with E-state index in [0.29, 0.717) is 33.0 Å². The van der Waals surface area contributed by atoms with Gasteiger partial charge < -0.3 is 40.1 Å². The van der Waals surface area contributed by atoms with Crippen molar-refractivity contribution in [2.45, 2.75) is 66.2 Å². The molecule has 0 aliphatic heterocycles. The number of methoxy groups -OCH3 is 2. The molecule has 12 heteroatoms. The fourth-order valence-corrected chi connectivity index (χ4v) is 6.45. The monoisotopic (exact) mass is 688 g/mol. The summed E-state index contributed by atoms with van der Waals surface area (Å²) < 4.78 is 9.34. The van der Waals surface area contributed by atoms with E-state index in [1.165, 1.54) is 26.6 Å². The number of aryl methyl sites for hydroxylation is 2. The smallest absolute Gasteiger partial charge is 0.307 e. The second-order valence-electron chi connectivity index (χ2n) is 12.8. The molecule has 0 heterocycles. The Morgan fingerprint density at radius 1 is 0.620 bits per heavy atom. The molecule has 0 saturated carbocycles. The lowest BCUT2D eigenvalue weighted by Gasteiger charge is -2.23. The van der Waals surface area contributed by atoms with Gasteiger partial charge in [-0.3, -0.25) is 19.6 Å². The molecular weight excluding hydrogens is 644 g/mol. The van der Waals surface area contributed by atoms with Crippen molar-refractivity contribution in [3.63, 3.8) is 0 Å². The first-order chi connectivity index (χ1) is 23.6. The highest BCUT2D eigenvalue weighted by molar-refractivity contribution is 6.15. The summed E-state index contributed by atoms with van der Waals surface area (Å²) in [6.07, 6.45) is 2.48. The highest BCUT2D eigenvalue weighted by atomic mass is 16.5. The molecule has 0 aliphatic carbocycles. The van der Waals surface area contributed by atoms with Gasteiger partial charge in [-0.15, -0.1) is 0 Å². The topological polar surface area (TPSA) is 199 Å². The quantitative estimate of drug-likeness (QED) is 0.0558. The van der Waals surface area contributed by atoms with Crippen molar-refractivity contribution in [3.05, 3.63) is 45.5 Å². The number of nitrogens with zero attached hydrogens (tertiary/aromatic N) is 2. The average Bonchev–Trinajstić information content (AvgIpc) is 3.05. The standard InChI is InChI=1S/C38H44N2O10/c1-17(2)27-21-13-19(5)29(35(45)31(21)23(33(43)37(27)47)15-39-11-9-25(41)49-7)30-20(6)14-22-28(18(3)4)38(48)34(44)24(32(22)36(30)46)16-40-12-10-26(42)50-8/h13-18,43-48H,9-12H2,1-8H3. The number of aromatic hydroxyl groups is 6. The number of hydrogen-bond acceptors (Lipinski definition) is 12. The maximum Gasteiger partial charge on any atom is 0.307 e. The molecule has 0 atom stereocenters. The highest BCUT2D eigenvalue weighted by Crippen LogP contribution is 2.54. The average molecular weight is 689 g/mol. The molecular formula is C38H44N2O10. The first-order valence-corrected chi connectivity index (χ1v) is 16.2. The minimum atomic E-state index is -0.514. The van der Waals surface area contributed by atoms with Crippen LogP contribution in [-0.4, -0.2) is 82.3 Å². The number of ether oxygens (including phenoxy) is 2. The van der Waals surface area contributed by atoms with Gasteiger partial charge in [-0.1, -0.05) is 39.8 Å². The van der Waals surface area contributed by atoms with Crippen LogP contribution in [0.4, 0.5) is 0 Å².